The normalized spacial score (nSPS) is 17.9. The molecule has 2 aromatic rings. The summed E-state index contributed by atoms with van der Waals surface area (Å²) in [5.41, 5.74) is 2.56. The highest BCUT2D eigenvalue weighted by Crippen LogP contribution is 2.43. The van der Waals surface area contributed by atoms with Crippen LogP contribution in [0.25, 0.3) is 5.70 Å². The summed E-state index contributed by atoms with van der Waals surface area (Å²) in [4.78, 5) is 5.64. The Balaban J connectivity index is 1.47. The van der Waals surface area contributed by atoms with Crippen molar-refractivity contribution in [2.75, 3.05) is 11.9 Å². The summed E-state index contributed by atoms with van der Waals surface area (Å²) in [7, 11) is 0. The van der Waals surface area contributed by atoms with Gasteiger partial charge < -0.3 is 15.4 Å². The van der Waals surface area contributed by atoms with E-state index in [1.165, 1.54) is 11.0 Å². The van der Waals surface area contributed by atoms with Gasteiger partial charge in [0, 0.05) is 28.0 Å². The summed E-state index contributed by atoms with van der Waals surface area (Å²) in [5.74, 6) is -0.117. The molecule has 0 saturated carbocycles. The van der Waals surface area contributed by atoms with Crippen molar-refractivity contribution < 1.29 is 17.9 Å². The molecule has 0 fully saturated rings. The topological polar surface area (TPSA) is 46.2 Å². The molecule has 0 amide bonds. The largest absolute Gasteiger partial charge is 0.493 e. The summed E-state index contributed by atoms with van der Waals surface area (Å²) in [6, 6.07) is 8.10. The number of fused-ring (bicyclic) bond motifs is 2. The molecule has 1 aliphatic heterocycles. The first-order valence-electron chi connectivity index (χ1n) is 10.2. The number of pyridine rings is 1. The second kappa shape index (κ2) is 8.79. The third-order valence-electron chi connectivity index (χ3n) is 5.15. The van der Waals surface area contributed by atoms with Gasteiger partial charge in [-0.05, 0) is 49.6 Å². The van der Waals surface area contributed by atoms with Crippen molar-refractivity contribution >= 4 is 23.1 Å². The SMILES string of the molecule is CCCCCOc1ccc(NC2NC3=C(CCc4ncccc43)S2)cc1C(F)(F)F. The van der Waals surface area contributed by atoms with E-state index in [9.17, 15) is 13.2 Å². The van der Waals surface area contributed by atoms with Crippen molar-refractivity contribution in [2.24, 2.45) is 0 Å². The van der Waals surface area contributed by atoms with Gasteiger partial charge in [-0.3, -0.25) is 4.98 Å². The molecule has 1 atom stereocenters. The van der Waals surface area contributed by atoms with Gasteiger partial charge >= 0.3 is 6.18 Å². The van der Waals surface area contributed by atoms with Gasteiger partial charge in [0.15, 0.2) is 0 Å². The van der Waals surface area contributed by atoms with Gasteiger partial charge in [-0.2, -0.15) is 13.2 Å². The molecule has 8 heteroatoms. The van der Waals surface area contributed by atoms with Gasteiger partial charge in [-0.15, -0.1) is 0 Å². The molecular formula is C22H24F3N3OS. The molecule has 2 aliphatic rings. The van der Waals surface area contributed by atoms with E-state index in [1.54, 1.807) is 24.0 Å². The number of rotatable bonds is 7. The van der Waals surface area contributed by atoms with E-state index in [0.29, 0.717) is 5.69 Å². The van der Waals surface area contributed by atoms with Crippen molar-refractivity contribution in [3.63, 3.8) is 0 Å². The van der Waals surface area contributed by atoms with Crippen LogP contribution < -0.4 is 15.4 Å². The van der Waals surface area contributed by atoms with Crippen molar-refractivity contribution in [2.45, 2.75) is 50.7 Å². The fourth-order valence-corrected chi connectivity index (χ4v) is 4.83. The number of allylic oxidation sites excluding steroid dienone is 1. The molecule has 0 saturated heterocycles. The smallest absolute Gasteiger partial charge is 0.420 e. The summed E-state index contributed by atoms with van der Waals surface area (Å²) in [5, 5.41) is 6.58. The Morgan fingerprint density at radius 1 is 1.23 bits per heavy atom. The van der Waals surface area contributed by atoms with E-state index in [0.717, 1.165) is 55.1 Å². The number of nitrogens with zero attached hydrogens (tertiary/aromatic N) is 1. The van der Waals surface area contributed by atoms with Crippen LogP contribution >= 0.6 is 11.8 Å². The Kier molecular flexibility index (Phi) is 6.13. The third kappa shape index (κ3) is 4.53. The quantitative estimate of drug-likeness (QED) is 0.521. The molecule has 0 spiro atoms. The molecule has 2 N–H and O–H groups in total. The maximum atomic E-state index is 13.6. The number of benzene rings is 1. The Hall–Kier alpha value is -2.35. The van der Waals surface area contributed by atoms with Crippen molar-refractivity contribution in [3.8, 4) is 5.75 Å². The Morgan fingerprint density at radius 3 is 2.90 bits per heavy atom. The van der Waals surface area contributed by atoms with Crippen molar-refractivity contribution in [1.29, 1.82) is 0 Å². The molecule has 160 valence electrons. The van der Waals surface area contributed by atoms with Crippen LogP contribution in [-0.4, -0.2) is 17.1 Å². The van der Waals surface area contributed by atoms with E-state index in [-0.39, 0.29) is 17.9 Å². The van der Waals surface area contributed by atoms with Gasteiger partial charge in [0.2, 0.25) is 0 Å². The lowest BCUT2D eigenvalue weighted by Gasteiger charge is -2.19. The van der Waals surface area contributed by atoms with Crippen molar-refractivity contribution in [1.82, 2.24) is 10.3 Å². The predicted octanol–water partition coefficient (Wildman–Crippen LogP) is 6.02. The lowest BCUT2D eigenvalue weighted by Crippen LogP contribution is -2.28. The lowest BCUT2D eigenvalue weighted by atomic mass is 9.99. The lowest BCUT2D eigenvalue weighted by molar-refractivity contribution is -0.138. The van der Waals surface area contributed by atoms with Crippen LogP contribution in [0.1, 0.15) is 49.4 Å². The molecule has 4 rings (SSSR count). The molecule has 1 aromatic heterocycles. The molecule has 1 unspecified atom stereocenters. The zero-order chi connectivity index (χ0) is 21.1. The highest BCUT2D eigenvalue weighted by atomic mass is 32.2. The van der Waals surface area contributed by atoms with Gasteiger partial charge in [0.05, 0.1) is 17.9 Å². The Labute approximate surface area is 178 Å². The second-order valence-corrected chi connectivity index (χ2v) is 8.55. The number of aryl methyl sites for hydroxylation is 1. The fourth-order valence-electron chi connectivity index (χ4n) is 3.67. The average molecular weight is 436 g/mol. The minimum atomic E-state index is -4.48. The maximum absolute atomic E-state index is 13.6. The van der Waals surface area contributed by atoms with Crippen molar-refractivity contribution in [3.05, 3.63) is 58.3 Å². The minimum Gasteiger partial charge on any atom is -0.493 e. The monoisotopic (exact) mass is 435 g/mol. The van der Waals surface area contributed by atoms with Gasteiger partial charge in [0.1, 0.15) is 11.2 Å². The average Bonchev–Trinajstić information content (AvgIpc) is 3.14. The second-order valence-electron chi connectivity index (χ2n) is 7.35. The highest BCUT2D eigenvalue weighted by Gasteiger charge is 2.35. The number of anilines is 1. The Bertz CT molecular complexity index is 945. The fraction of sp³-hybridized carbons (Fsp3) is 0.409. The highest BCUT2D eigenvalue weighted by molar-refractivity contribution is 8.04. The summed E-state index contributed by atoms with van der Waals surface area (Å²) in [6.45, 7) is 2.33. The standard InChI is InChI=1S/C22H24F3N3OS/c1-2-3-4-12-29-18-9-7-14(13-16(18)22(23,24)25)27-21-28-20-15-6-5-11-26-17(15)8-10-19(20)30-21/h5-7,9,11,13,21,27-28H,2-4,8,10,12H2,1H3. The number of halogens is 3. The molecule has 0 radical (unpaired) electrons. The van der Waals surface area contributed by atoms with Crippen LogP contribution in [0.2, 0.25) is 0 Å². The maximum Gasteiger partial charge on any atom is 0.420 e. The van der Waals surface area contributed by atoms with Crippen LogP contribution in [0.5, 0.6) is 5.75 Å². The van der Waals surface area contributed by atoms with Crippen LogP contribution in [0.4, 0.5) is 18.9 Å². The van der Waals surface area contributed by atoms with Gasteiger partial charge in [0.25, 0.3) is 0 Å². The zero-order valence-corrected chi connectivity index (χ0v) is 17.5. The number of ether oxygens (including phenoxy) is 1. The number of aromatic nitrogens is 1. The van der Waals surface area contributed by atoms with Crippen LogP contribution in [0.15, 0.2) is 41.4 Å². The first-order chi connectivity index (χ1) is 14.5. The number of unbranched alkanes of at least 4 members (excludes halogenated alkanes) is 2. The first kappa shape index (κ1) is 20.9. The van der Waals surface area contributed by atoms with Crippen LogP contribution in [-0.2, 0) is 12.6 Å². The van der Waals surface area contributed by atoms with Crippen LogP contribution in [0.3, 0.4) is 0 Å². The van der Waals surface area contributed by atoms with Gasteiger partial charge in [-0.1, -0.05) is 31.5 Å². The van der Waals surface area contributed by atoms with Crippen LogP contribution in [0, 0.1) is 0 Å². The minimum absolute atomic E-state index is 0.117. The number of thioether (sulfide) groups is 1. The molecule has 2 heterocycles. The van der Waals surface area contributed by atoms with E-state index >= 15 is 0 Å². The summed E-state index contributed by atoms with van der Waals surface area (Å²) in [6.07, 6.45) is 1.73. The number of hydrogen-bond donors (Lipinski definition) is 2. The van der Waals surface area contributed by atoms with E-state index < -0.39 is 11.7 Å². The first-order valence-corrected chi connectivity index (χ1v) is 11.0. The molecular weight excluding hydrogens is 411 g/mol. The van der Waals surface area contributed by atoms with E-state index in [4.69, 9.17) is 4.74 Å². The predicted molar refractivity (Wildman–Crippen MR) is 114 cm³/mol. The third-order valence-corrected chi connectivity index (χ3v) is 6.32. The van der Waals surface area contributed by atoms with E-state index in [1.807, 2.05) is 19.1 Å². The molecule has 1 aromatic carbocycles. The van der Waals surface area contributed by atoms with Gasteiger partial charge in [-0.25, -0.2) is 0 Å². The number of hydrogen-bond acceptors (Lipinski definition) is 5. The summed E-state index contributed by atoms with van der Waals surface area (Å²) < 4.78 is 46.2. The molecule has 30 heavy (non-hydrogen) atoms. The number of alkyl halides is 3. The molecule has 1 aliphatic carbocycles. The zero-order valence-electron chi connectivity index (χ0n) is 16.7. The molecule has 4 nitrogen and oxygen atoms in total. The number of nitrogens with one attached hydrogen (secondary N) is 2. The Morgan fingerprint density at radius 2 is 2.10 bits per heavy atom. The van der Waals surface area contributed by atoms with E-state index in [2.05, 4.69) is 15.6 Å². The summed E-state index contributed by atoms with van der Waals surface area (Å²) >= 11 is 1.61. The molecule has 0 bridgehead atoms.